The number of carbonyl (C=O) groups is 1. The van der Waals surface area contributed by atoms with Crippen LogP contribution in [-0.4, -0.2) is 29.9 Å². The zero-order valence-electron chi connectivity index (χ0n) is 11.4. The molecule has 1 heterocycles. The average Bonchev–Trinajstić information content (AvgIpc) is 2.48. The van der Waals surface area contributed by atoms with E-state index in [9.17, 15) is 4.79 Å². The highest BCUT2D eigenvalue weighted by Gasteiger charge is 2.13. The van der Waals surface area contributed by atoms with Crippen molar-refractivity contribution < 1.29 is 4.79 Å². The number of nitrogens with zero attached hydrogens (tertiary/aromatic N) is 2. The molecule has 0 aliphatic rings. The number of anilines is 1. The molecule has 1 aromatic heterocycles. The predicted octanol–water partition coefficient (Wildman–Crippen LogP) is 3.16. The molecule has 1 aromatic carbocycles. The highest BCUT2D eigenvalue weighted by molar-refractivity contribution is 9.10. The molecule has 20 heavy (non-hydrogen) atoms. The number of halogens is 1. The molecule has 5 heteroatoms. The van der Waals surface area contributed by atoms with E-state index in [0.717, 1.165) is 15.7 Å². The van der Waals surface area contributed by atoms with Crippen molar-refractivity contribution in [3.63, 3.8) is 0 Å². The molecule has 0 bridgehead atoms. The van der Waals surface area contributed by atoms with E-state index in [1.54, 1.807) is 24.2 Å². The highest BCUT2D eigenvalue weighted by Crippen LogP contribution is 2.14. The maximum atomic E-state index is 12.3. The summed E-state index contributed by atoms with van der Waals surface area (Å²) in [5.74, 6) is -0.0926. The minimum atomic E-state index is -0.0926. The van der Waals surface area contributed by atoms with Gasteiger partial charge in [0.15, 0.2) is 0 Å². The zero-order valence-corrected chi connectivity index (χ0v) is 13.0. The summed E-state index contributed by atoms with van der Waals surface area (Å²) >= 11 is 3.40. The Morgan fingerprint density at radius 2 is 2.00 bits per heavy atom. The first kappa shape index (κ1) is 14.5. The quantitative estimate of drug-likeness (QED) is 0.934. The molecule has 1 N–H and O–H groups in total. The Bertz CT molecular complexity index is 598. The lowest BCUT2D eigenvalue weighted by Crippen LogP contribution is -2.27. The van der Waals surface area contributed by atoms with E-state index in [-0.39, 0.29) is 5.91 Å². The Morgan fingerprint density at radius 3 is 2.65 bits per heavy atom. The van der Waals surface area contributed by atoms with Gasteiger partial charge in [-0.25, -0.2) is 0 Å². The van der Waals surface area contributed by atoms with E-state index in [1.165, 1.54) is 0 Å². The van der Waals surface area contributed by atoms with Gasteiger partial charge in [-0.1, -0.05) is 28.1 Å². The van der Waals surface area contributed by atoms with E-state index < -0.39 is 0 Å². The maximum Gasteiger partial charge on any atom is 0.272 e. The van der Waals surface area contributed by atoms with Crippen LogP contribution in [0.1, 0.15) is 16.1 Å². The van der Waals surface area contributed by atoms with Gasteiger partial charge in [0, 0.05) is 37.0 Å². The number of carbonyl (C=O) groups excluding carboxylic acids is 1. The second-order valence-electron chi connectivity index (χ2n) is 4.47. The van der Waals surface area contributed by atoms with Crippen LogP contribution in [0.4, 0.5) is 5.69 Å². The van der Waals surface area contributed by atoms with Gasteiger partial charge < -0.3 is 10.2 Å². The molecule has 0 unspecified atom stereocenters. The standard InChI is InChI=1S/C15H16BrN3O/c1-17-13-7-8-18-14(9-13)15(20)19(2)10-11-3-5-12(16)6-4-11/h3-9H,10H2,1-2H3,(H,17,18). The van der Waals surface area contributed by atoms with E-state index >= 15 is 0 Å². The molecule has 2 aromatic rings. The summed E-state index contributed by atoms with van der Waals surface area (Å²) in [6, 6.07) is 11.5. The summed E-state index contributed by atoms with van der Waals surface area (Å²) in [6.45, 7) is 0.553. The van der Waals surface area contributed by atoms with Gasteiger partial charge in [-0.3, -0.25) is 9.78 Å². The van der Waals surface area contributed by atoms with Gasteiger partial charge in [0.2, 0.25) is 0 Å². The van der Waals surface area contributed by atoms with E-state index in [2.05, 4.69) is 26.2 Å². The largest absolute Gasteiger partial charge is 0.388 e. The number of hydrogen-bond donors (Lipinski definition) is 1. The lowest BCUT2D eigenvalue weighted by atomic mass is 10.2. The monoisotopic (exact) mass is 333 g/mol. The van der Waals surface area contributed by atoms with Crippen LogP contribution in [0, 0.1) is 0 Å². The minimum absolute atomic E-state index is 0.0926. The summed E-state index contributed by atoms with van der Waals surface area (Å²) in [5.41, 5.74) is 2.39. The van der Waals surface area contributed by atoms with Gasteiger partial charge in [0.1, 0.15) is 5.69 Å². The fraction of sp³-hybridized carbons (Fsp3) is 0.200. The van der Waals surface area contributed by atoms with Gasteiger partial charge in [0.25, 0.3) is 5.91 Å². The number of pyridine rings is 1. The Morgan fingerprint density at radius 1 is 1.30 bits per heavy atom. The van der Waals surface area contributed by atoms with Crippen LogP contribution < -0.4 is 5.32 Å². The normalized spacial score (nSPS) is 10.2. The third-order valence-corrected chi connectivity index (χ3v) is 3.48. The molecule has 0 aliphatic carbocycles. The second-order valence-corrected chi connectivity index (χ2v) is 5.38. The summed E-state index contributed by atoms with van der Waals surface area (Å²) < 4.78 is 1.03. The van der Waals surface area contributed by atoms with Gasteiger partial charge >= 0.3 is 0 Å². The van der Waals surface area contributed by atoms with Crippen LogP contribution in [-0.2, 0) is 6.54 Å². The van der Waals surface area contributed by atoms with E-state index in [0.29, 0.717) is 12.2 Å². The van der Waals surface area contributed by atoms with Crippen LogP contribution in [0.2, 0.25) is 0 Å². The smallest absolute Gasteiger partial charge is 0.272 e. The number of benzene rings is 1. The molecular formula is C15H16BrN3O. The molecule has 0 radical (unpaired) electrons. The van der Waals surface area contributed by atoms with Crippen molar-refractivity contribution in [2.75, 3.05) is 19.4 Å². The summed E-state index contributed by atoms with van der Waals surface area (Å²) in [6.07, 6.45) is 1.63. The molecule has 1 amide bonds. The van der Waals surface area contributed by atoms with Crippen LogP contribution >= 0.6 is 15.9 Å². The number of aromatic nitrogens is 1. The molecule has 0 aliphatic heterocycles. The highest BCUT2D eigenvalue weighted by atomic mass is 79.9. The van der Waals surface area contributed by atoms with E-state index in [1.807, 2.05) is 37.4 Å². The molecular weight excluding hydrogens is 318 g/mol. The fourth-order valence-electron chi connectivity index (χ4n) is 1.83. The Kier molecular flexibility index (Phi) is 4.74. The van der Waals surface area contributed by atoms with Gasteiger partial charge in [0.05, 0.1) is 0 Å². The molecule has 0 spiro atoms. The third-order valence-electron chi connectivity index (χ3n) is 2.95. The molecule has 2 rings (SSSR count). The van der Waals surface area contributed by atoms with Crippen molar-refractivity contribution in [1.82, 2.24) is 9.88 Å². The Balaban J connectivity index is 2.09. The fourth-order valence-corrected chi connectivity index (χ4v) is 2.10. The topological polar surface area (TPSA) is 45.2 Å². The lowest BCUT2D eigenvalue weighted by molar-refractivity contribution is 0.0779. The van der Waals surface area contributed by atoms with Gasteiger partial charge in [-0.05, 0) is 29.8 Å². The van der Waals surface area contributed by atoms with Crippen LogP contribution in [0.15, 0.2) is 47.1 Å². The van der Waals surface area contributed by atoms with Gasteiger partial charge in [-0.15, -0.1) is 0 Å². The van der Waals surface area contributed by atoms with E-state index in [4.69, 9.17) is 0 Å². The average molecular weight is 334 g/mol. The molecule has 0 saturated heterocycles. The zero-order chi connectivity index (χ0) is 14.5. The number of nitrogens with one attached hydrogen (secondary N) is 1. The first-order chi connectivity index (χ1) is 9.60. The maximum absolute atomic E-state index is 12.3. The molecule has 104 valence electrons. The summed E-state index contributed by atoms with van der Waals surface area (Å²) in [7, 11) is 3.59. The van der Waals surface area contributed by atoms with Crippen molar-refractivity contribution in [1.29, 1.82) is 0 Å². The Labute approximate surface area is 127 Å². The van der Waals surface area contributed by atoms with Crippen molar-refractivity contribution in [3.05, 3.63) is 58.3 Å². The second kappa shape index (κ2) is 6.52. The van der Waals surface area contributed by atoms with Crippen LogP contribution in [0.25, 0.3) is 0 Å². The first-order valence-corrected chi connectivity index (χ1v) is 7.03. The SMILES string of the molecule is CNc1ccnc(C(=O)N(C)Cc2ccc(Br)cc2)c1. The summed E-state index contributed by atoms with van der Waals surface area (Å²) in [5, 5.41) is 3.00. The number of hydrogen-bond acceptors (Lipinski definition) is 3. The molecule has 0 atom stereocenters. The lowest BCUT2D eigenvalue weighted by Gasteiger charge is -2.17. The van der Waals surface area contributed by atoms with Crippen LogP contribution in [0.3, 0.4) is 0 Å². The van der Waals surface area contributed by atoms with Crippen molar-refractivity contribution >= 4 is 27.5 Å². The van der Waals surface area contributed by atoms with Crippen molar-refractivity contribution in [2.45, 2.75) is 6.54 Å². The minimum Gasteiger partial charge on any atom is -0.388 e. The predicted molar refractivity (Wildman–Crippen MR) is 83.7 cm³/mol. The number of amides is 1. The molecule has 4 nitrogen and oxygen atoms in total. The first-order valence-electron chi connectivity index (χ1n) is 6.24. The van der Waals surface area contributed by atoms with Crippen LogP contribution in [0.5, 0.6) is 0 Å². The molecule has 0 fully saturated rings. The summed E-state index contributed by atoms with van der Waals surface area (Å²) in [4.78, 5) is 18.1. The Hall–Kier alpha value is -1.88. The van der Waals surface area contributed by atoms with Gasteiger partial charge in [-0.2, -0.15) is 0 Å². The third kappa shape index (κ3) is 3.57. The van der Waals surface area contributed by atoms with Crippen molar-refractivity contribution in [2.24, 2.45) is 0 Å². The van der Waals surface area contributed by atoms with Crippen molar-refractivity contribution in [3.8, 4) is 0 Å². The number of rotatable bonds is 4. The molecule has 0 saturated carbocycles.